The summed E-state index contributed by atoms with van der Waals surface area (Å²) in [7, 11) is 0. The maximum atomic E-state index is 15.1. The molecule has 16 heteroatoms. The number of nitriles is 1. The van der Waals surface area contributed by atoms with Crippen molar-refractivity contribution < 1.29 is 27.9 Å². The number of hydrogen-bond acceptors (Lipinski definition) is 11. The van der Waals surface area contributed by atoms with Crippen molar-refractivity contribution in [3.8, 4) is 23.3 Å². The number of benzene rings is 4. The van der Waals surface area contributed by atoms with E-state index in [1.165, 1.54) is 29.1 Å². The third-order valence-electron chi connectivity index (χ3n) is 12.8. The minimum absolute atomic E-state index is 0.0357. The molecule has 10 rings (SSSR count). The van der Waals surface area contributed by atoms with Gasteiger partial charge in [0.2, 0.25) is 11.8 Å². The lowest BCUT2D eigenvalue weighted by Crippen LogP contribution is -2.55. The standard InChI is InChI=1S/C46H43F2N9O5/c47-30-13-14-54(26-30)40-10-8-38(48)43(37(40)21-49)62-34-6-9-39-36(20-34)46(61)57(27-50-39)32-3-1-31(2-4-32)53-17-15-52(16-18-53)22-28-23-55(24-28)33-5-7-35-29(19-33)25-56(45(35)60)41-11-12-42(58)51-44(41)59/h1-10,19-20,27-28,30,41H,11-18,22-26H2,(H,51,58,59)/t30-,41-/m1/s1. The molecule has 2 atom stereocenters. The number of nitrogens with zero attached hydrogens (tertiary/aromatic N) is 8. The van der Waals surface area contributed by atoms with Crippen molar-refractivity contribution in [2.45, 2.75) is 38.0 Å². The quantitative estimate of drug-likeness (QED) is 0.205. The predicted molar refractivity (Wildman–Crippen MR) is 227 cm³/mol. The fourth-order valence-electron chi connectivity index (χ4n) is 9.45. The number of imide groups is 1. The molecule has 0 radical (unpaired) electrons. The second-order valence-corrected chi connectivity index (χ2v) is 16.7. The number of anilines is 3. The summed E-state index contributed by atoms with van der Waals surface area (Å²) in [5.74, 6) is -1.19. The lowest BCUT2D eigenvalue weighted by atomic mass is 9.97. The van der Waals surface area contributed by atoms with Crippen molar-refractivity contribution in [1.82, 2.24) is 24.7 Å². The minimum atomic E-state index is -1.03. The molecule has 1 aromatic heterocycles. The zero-order chi connectivity index (χ0) is 42.6. The highest BCUT2D eigenvalue weighted by molar-refractivity contribution is 6.05. The molecule has 1 N–H and O–H groups in total. The first kappa shape index (κ1) is 39.3. The Kier molecular flexibility index (Phi) is 10.1. The summed E-state index contributed by atoms with van der Waals surface area (Å²) >= 11 is 0. The number of carbonyl (C=O) groups excluding carboxylic acids is 3. The fourth-order valence-corrected chi connectivity index (χ4v) is 9.45. The molecule has 6 heterocycles. The van der Waals surface area contributed by atoms with Gasteiger partial charge in [-0.25, -0.2) is 13.8 Å². The second kappa shape index (κ2) is 15.9. The van der Waals surface area contributed by atoms with Gasteiger partial charge in [-0.2, -0.15) is 5.26 Å². The highest BCUT2D eigenvalue weighted by Gasteiger charge is 2.40. The van der Waals surface area contributed by atoms with E-state index in [0.29, 0.717) is 54.3 Å². The molecule has 0 unspecified atom stereocenters. The van der Waals surface area contributed by atoms with Crippen LogP contribution in [-0.4, -0.2) is 108 Å². The monoisotopic (exact) mass is 839 g/mol. The van der Waals surface area contributed by atoms with Crippen molar-refractivity contribution in [1.29, 1.82) is 5.26 Å². The number of aromatic nitrogens is 2. The lowest BCUT2D eigenvalue weighted by molar-refractivity contribution is -0.136. The van der Waals surface area contributed by atoms with Gasteiger partial charge < -0.3 is 24.3 Å². The van der Waals surface area contributed by atoms with Crippen LogP contribution >= 0.6 is 0 Å². The highest BCUT2D eigenvalue weighted by Crippen LogP contribution is 2.37. The molecule has 0 aliphatic carbocycles. The van der Waals surface area contributed by atoms with E-state index in [1.807, 2.05) is 42.5 Å². The molecule has 316 valence electrons. The zero-order valence-corrected chi connectivity index (χ0v) is 33.8. The molecule has 0 saturated carbocycles. The van der Waals surface area contributed by atoms with Gasteiger partial charge in [-0.15, -0.1) is 0 Å². The van der Waals surface area contributed by atoms with E-state index in [0.717, 1.165) is 62.8 Å². The van der Waals surface area contributed by atoms with E-state index < -0.39 is 23.9 Å². The van der Waals surface area contributed by atoms with Gasteiger partial charge in [0.15, 0.2) is 11.6 Å². The largest absolute Gasteiger partial charge is 0.453 e. The number of fused-ring (bicyclic) bond motifs is 2. The van der Waals surface area contributed by atoms with E-state index in [-0.39, 0.29) is 52.8 Å². The predicted octanol–water partition coefficient (Wildman–Crippen LogP) is 4.76. The first-order valence-electron chi connectivity index (χ1n) is 21.0. The lowest BCUT2D eigenvalue weighted by Gasteiger charge is -2.45. The first-order valence-corrected chi connectivity index (χ1v) is 21.0. The molecule has 0 spiro atoms. The molecule has 3 amide bonds. The Hall–Kier alpha value is -6.86. The van der Waals surface area contributed by atoms with E-state index in [4.69, 9.17) is 4.74 Å². The van der Waals surface area contributed by atoms with Crippen LogP contribution in [0.3, 0.4) is 0 Å². The Labute approximate surface area is 355 Å². The van der Waals surface area contributed by atoms with E-state index in [2.05, 4.69) is 31.1 Å². The Bertz CT molecular complexity index is 2720. The normalized spacial score (nSPS) is 20.7. The van der Waals surface area contributed by atoms with Gasteiger partial charge in [0.25, 0.3) is 11.5 Å². The number of piperidine rings is 1. The van der Waals surface area contributed by atoms with Gasteiger partial charge in [-0.3, -0.25) is 34.0 Å². The van der Waals surface area contributed by atoms with Gasteiger partial charge in [-0.1, -0.05) is 0 Å². The Morgan fingerprint density at radius 2 is 1.60 bits per heavy atom. The van der Waals surface area contributed by atoms with Crippen LogP contribution in [0.4, 0.5) is 25.8 Å². The number of carbonyl (C=O) groups is 3. The van der Waals surface area contributed by atoms with Crippen molar-refractivity contribution in [2.24, 2.45) is 5.92 Å². The second-order valence-electron chi connectivity index (χ2n) is 16.7. The summed E-state index contributed by atoms with van der Waals surface area (Å²) in [6.45, 7) is 7.33. The highest BCUT2D eigenvalue weighted by atomic mass is 19.1. The molecule has 5 aromatic rings. The van der Waals surface area contributed by atoms with Crippen molar-refractivity contribution >= 4 is 45.7 Å². The average Bonchev–Trinajstić information content (AvgIpc) is 3.85. The number of halogens is 2. The van der Waals surface area contributed by atoms with Gasteiger partial charge in [0.1, 0.15) is 35.9 Å². The van der Waals surface area contributed by atoms with Crippen LogP contribution in [0.1, 0.15) is 40.7 Å². The number of amides is 3. The summed E-state index contributed by atoms with van der Waals surface area (Å²) in [4.78, 5) is 65.9. The SMILES string of the molecule is N#Cc1c(N2CC[C@@H](F)C2)ccc(F)c1Oc1ccc2ncn(-c3ccc(N4CCN(CC5CN(c6ccc7c(c6)CN([C@@H]6CCC(=O)NC6=O)C7=O)C5)CC4)cc3)c(=O)c2c1. The van der Waals surface area contributed by atoms with Gasteiger partial charge >= 0.3 is 0 Å². The molecule has 5 aliphatic rings. The molecule has 62 heavy (non-hydrogen) atoms. The molecular weight excluding hydrogens is 797 g/mol. The summed E-state index contributed by atoms with van der Waals surface area (Å²) < 4.78 is 36.4. The number of hydrogen-bond donors (Lipinski definition) is 1. The molecule has 5 aliphatic heterocycles. The third-order valence-corrected chi connectivity index (χ3v) is 12.8. The van der Waals surface area contributed by atoms with Crippen LogP contribution in [0.25, 0.3) is 16.6 Å². The maximum Gasteiger partial charge on any atom is 0.265 e. The molecule has 4 saturated heterocycles. The minimum Gasteiger partial charge on any atom is -0.453 e. The molecule has 0 bridgehead atoms. The Morgan fingerprint density at radius 3 is 2.34 bits per heavy atom. The Morgan fingerprint density at radius 1 is 0.823 bits per heavy atom. The topological polar surface area (TPSA) is 147 Å². The van der Waals surface area contributed by atoms with Crippen LogP contribution in [-0.2, 0) is 16.1 Å². The maximum absolute atomic E-state index is 15.1. The molecule has 14 nitrogen and oxygen atoms in total. The van der Waals surface area contributed by atoms with Crippen molar-refractivity contribution in [2.75, 3.05) is 73.6 Å². The van der Waals surface area contributed by atoms with Gasteiger partial charge in [0, 0.05) is 94.7 Å². The average molecular weight is 840 g/mol. The number of piperazine rings is 1. The van der Waals surface area contributed by atoms with Crippen LogP contribution in [0.5, 0.6) is 11.5 Å². The summed E-state index contributed by atoms with van der Waals surface area (Å²) in [5, 5.41) is 12.6. The summed E-state index contributed by atoms with van der Waals surface area (Å²) in [6.07, 6.45) is 1.36. The summed E-state index contributed by atoms with van der Waals surface area (Å²) in [6, 6.07) is 22.4. The van der Waals surface area contributed by atoms with Gasteiger partial charge in [0.05, 0.1) is 22.3 Å². The van der Waals surface area contributed by atoms with Crippen LogP contribution in [0.2, 0.25) is 0 Å². The first-order chi connectivity index (χ1) is 30.1. The molecule has 4 fully saturated rings. The van der Waals surface area contributed by atoms with E-state index >= 15 is 4.39 Å². The smallest absolute Gasteiger partial charge is 0.265 e. The summed E-state index contributed by atoms with van der Waals surface area (Å²) in [5.41, 5.74) is 4.77. The number of nitrogens with one attached hydrogen (secondary N) is 1. The van der Waals surface area contributed by atoms with Crippen molar-refractivity contribution in [3.63, 3.8) is 0 Å². The van der Waals surface area contributed by atoms with Crippen LogP contribution < -0.4 is 30.3 Å². The number of ether oxygens (including phenoxy) is 1. The van der Waals surface area contributed by atoms with Crippen LogP contribution in [0.15, 0.2) is 83.9 Å². The van der Waals surface area contributed by atoms with E-state index in [9.17, 15) is 28.8 Å². The van der Waals surface area contributed by atoms with E-state index in [1.54, 1.807) is 21.9 Å². The molecule has 4 aromatic carbocycles. The number of alkyl halides is 1. The van der Waals surface area contributed by atoms with Gasteiger partial charge in [-0.05, 0) is 91.2 Å². The zero-order valence-electron chi connectivity index (χ0n) is 33.8. The fraction of sp³-hybridized carbons (Fsp3) is 0.348. The third kappa shape index (κ3) is 7.25. The van der Waals surface area contributed by atoms with Crippen molar-refractivity contribution in [3.05, 3.63) is 112 Å². The molecular formula is C46H43F2N9O5. The van der Waals surface area contributed by atoms with Crippen LogP contribution in [0, 0.1) is 23.1 Å². The Balaban J connectivity index is 0.740. The number of rotatable bonds is 9.